The van der Waals surface area contributed by atoms with E-state index in [2.05, 4.69) is 15.3 Å². The van der Waals surface area contributed by atoms with E-state index >= 15 is 0 Å². The standard InChI is InChI=1S/C14H18N4O3/c1-2-4-8(7-19)17-12-10(14(20)21)13(15)18-9-5-3-6-16-11(9)12/h3,5-6,8,19H,2,4,7H2,1H3,(H,20,21)(H3,15,17,18)/t8-/m0/s1. The molecule has 0 aromatic carbocycles. The number of pyridine rings is 2. The summed E-state index contributed by atoms with van der Waals surface area (Å²) in [6.07, 6.45) is 3.11. The Balaban J connectivity index is 2.61. The van der Waals surface area contributed by atoms with Crippen molar-refractivity contribution in [2.45, 2.75) is 25.8 Å². The number of aromatic carboxylic acids is 1. The topological polar surface area (TPSA) is 121 Å². The van der Waals surface area contributed by atoms with Gasteiger partial charge in [0.05, 0.1) is 17.8 Å². The molecule has 7 heteroatoms. The maximum Gasteiger partial charge on any atom is 0.341 e. The van der Waals surface area contributed by atoms with Gasteiger partial charge < -0.3 is 21.3 Å². The molecule has 1 atom stereocenters. The number of nitrogens with zero attached hydrogens (tertiary/aromatic N) is 2. The van der Waals surface area contributed by atoms with E-state index in [0.717, 1.165) is 6.42 Å². The predicted octanol–water partition coefficient (Wildman–Crippen LogP) is 1.48. The number of anilines is 2. The van der Waals surface area contributed by atoms with Crippen molar-refractivity contribution < 1.29 is 15.0 Å². The highest BCUT2D eigenvalue weighted by Gasteiger charge is 2.21. The minimum absolute atomic E-state index is 0.0707. The van der Waals surface area contributed by atoms with E-state index in [0.29, 0.717) is 23.1 Å². The van der Waals surface area contributed by atoms with Crippen molar-refractivity contribution in [2.75, 3.05) is 17.7 Å². The highest BCUT2D eigenvalue weighted by atomic mass is 16.4. The number of nitrogens with one attached hydrogen (secondary N) is 1. The fraction of sp³-hybridized carbons (Fsp3) is 0.357. The van der Waals surface area contributed by atoms with Gasteiger partial charge in [0.1, 0.15) is 16.9 Å². The van der Waals surface area contributed by atoms with Crippen LogP contribution < -0.4 is 11.1 Å². The molecule has 0 bridgehead atoms. The summed E-state index contributed by atoms with van der Waals surface area (Å²) in [6.45, 7) is 1.88. The lowest BCUT2D eigenvalue weighted by atomic mass is 10.1. The molecule has 2 aromatic heterocycles. The summed E-state index contributed by atoms with van der Waals surface area (Å²) in [5, 5.41) is 21.8. The first-order valence-electron chi connectivity index (χ1n) is 6.73. The number of nitrogens with two attached hydrogens (primary N) is 1. The van der Waals surface area contributed by atoms with Crippen LogP contribution in [0.4, 0.5) is 11.5 Å². The van der Waals surface area contributed by atoms with E-state index in [1.54, 1.807) is 18.3 Å². The summed E-state index contributed by atoms with van der Waals surface area (Å²) < 4.78 is 0. The quantitative estimate of drug-likeness (QED) is 0.635. The lowest BCUT2D eigenvalue weighted by Crippen LogP contribution is -2.25. The highest BCUT2D eigenvalue weighted by Crippen LogP contribution is 2.29. The van der Waals surface area contributed by atoms with Gasteiger partial charge in [-0.2, -0.15) is 0 Å². The smallest absolute Gasteiger partial charge is 0.341 e. The van der Waals surface area contributed by atoms with Crippen molar-refractivity contribution in [3.63, 3.8) is 0 Å². The third-order valence-corrected chi connectivity index (χ3v) is 3.19. The molecule has 0 aliphatic rings. The molecule has 21 heavy (non-hydrogen) atoms. The molecule has 0 spiro atoms. The zero-order valence-electron chi connectivity index (χ0n) is 11.7. The van der Waals surface area contributed by atoms with Gasteiger partial charge in [0, 0.05) is 12.2 Å². The van der Waals surface area contributed by atoms with Gasteiger partial charge in [-0.1, -0.05) is 13.3 Å². The van der Waals surface area contributed by atoms with Crippen LogP contribution in [0, 0.1) is 0 Å². The number of fused-ring (bicyclic) bond motifs is 1. The summed E-state index contributed by atoms with van der Waals surface area (Å²) in [5.41, 5.74) is 6.89. The molecule has 5 N–H and O–H groups in total. The van der Waals surface area contributed by atoms with E-state index in [-0.39, 0.29) is 24.0 Å². The van der Waals surface area contributed by atoms with Crippen molar-refractivity contribution in [2.24, 2.45) is 0 Å². The minimum atomic E-state index is -1.18. The number of aliphatic hydroxyl groups excluding tert-OH is 1. The molecule has 112 valence electrons. The molecule has 0 saturated heterocycles. The Kier molecular flexibility index (Phi) is 4.54. The molecule has 2 heterocycles. The largest absolute Gasteiger partial charge is 0.477 e. The number of carboxylic acids is 1. The van der Waals surface area contributed by atoms with Gasteiger partial charge >= 0.3 is 5.97 Å². The van der Waals surface area contributed by atoms with Gasteiger partial charge in [0.25, 0.3) is 0 Å². The number of carbonyl (C=O) groups is 1. The van der Waals surface area contributed by atoms with Crippen LogP contribution in [-0.4, -0.2) is 38.8 Å². The van der Waals surface area contributed by atoms with Gasteiger partial charge in [0.2, 0.25) is 0 Å². The number of rotatable bonds is 6. The molecule has 0 aliphatic heterocycles. The fourth-order valence-electron chi connectivity index (χ4n) is 2.23. The summed E-state index contributed by atoms with van der Waals surface area (Å²) in [4.78, 5) is 19.7. The molecule has 7 nitrogen and oxygen atoms in total. The van der Waals surface area contributed by atoms with Crippen LogP contribution in [0.1, 0.15) is 30.1 Å². The van der Waals surface area contributed by atoms with Crippen LogP contribution in [0.3, 0.4) is 0 Å². The monoisotopic (exact) mass is 290 g/mol. The summed E-state index contributed by atoms with van der Waals surface area (Å²) in [7, 11) is 0. The van der Waals surface area contributed by atoms with Gasteiger partial charge in [-0.25, -0.2) is 9.78 Å². The molecule has 0 amide bonds. The van der Waals surface area contributed by atoms with Crippen LogP contribution in [0.15, 0.2) is 18.3 Å². The van der Waals surface area contributed by atoms with Gasteiger partial charge in [-0.05, 0) is 18.6 Å². The summed E-state index contributed by atoms with van der Waals surface area (Å²) in [6, 6.07) is 3.15. The molecule has 2 rings (SSSR count). The van der Waals surface area contributed by atoms with Crippen molar-refractivity contribution in [1.29, 1.82) is 0 Å². The van der Waals surface area contributed by atoms with Crippen LogP contribution in [0.25, 0.3) is 11.0 Å². The predicted molar refractivity (Wildman–Crippen MR) is 80.3 cm³/mol. The summed E-state index contributed by atoms with van der Waals surface area (Å²) >= 11 is 0. The molecule has 0 unspecified atom stereocenters. The molecule has 0 fully saturated rings. The Labute approximate surface area is 121 Å². The maximum atomic E-state index is 11.5. The summed E-state index contributed by atoms with van der Waals surface area (Å²) in [5.74, 6) is -1.25. The highest BCUT2D eigenvalue weighted by molar-refractivity contribution is 6.06. The molecule has 0 aliphatic carbocycles. The van der Waals surface area contributed by atoms with Gasteiger partial charge in [0.15, 0.2) is 0 Å². The van der Waals surface area contributed by atoms with Crippen LogP contribution >= 0.6 is 0 Å². The zero-order valence-corrected chi connectivity index (χ0v) is 11.7. The number of carboxylic acid groups (broad SMARTS) is 1. The third-order valence-electron chi connectivity index (χ3n) is 3.19. The lowest BCUT2D eigenvalue weighted by Gasteiger charge is -2.20. The first-order chi connectivity index (χ1) is 10.1. The van der Waals surface area contributed by atoms with Crippen molar-refractivity contribution in [3.05, 3.63) is 23.9 Å². The second kappa shape index (κ2) is 6.36. The molecular formula is C14H18N4O3. The van der Waals surface area contributed by atoms with Gasteiger partial charge in [-0.3, -0.25) is 4.98 Å². The first kappa shape index (κ1) is 15.0. The Morgan fingerprint density at radius 2 is 2.29 bits per heavy atom. The minimum Gasteiger partial charge on any atom is -0.477 e. The lowest BCUT2D eigenvalue weighted by molar-refractivity contribution is 0.0698. The Morgan fingerprint density at radius 1 is 1.52 bits per heavy atom. The average molecular weight is 290 g/mol. The Morgan fingerprint density at radius 3 is 2.90 bits per heavy atom. The third kappa shape index (κ3) is 3.03. The normalized spacial score (nSPS) is 12.3. The Hall–Kier alpha value is -2.41. The number of hydrogen-bond acceptors (Lipinski definition) is 6. The first-order valence-corrected chi connectivity index (χ1v) is 6.73. The maximum absolute atomic E-state index is 11.5. The van der Waals surface area contributed by atoms with Crippen molar-refractivity contribution in [3.8, 4) is 0 Å². The van der Waals surface area contributed by atoms with Crippen molar-refractivity contribution in [1.82, 2.24) is 9.97 Å². The van der Waals surface area contributed by atoms with Crippen LogP contribution in [-0.2, 0) is 0 Å². The van der Waals surface area contributed by atoms with E-state index < -0.39 is 5.97 Å². The fourth-order valence-corrected chi connectivity index (χ4v) is 2.23. The molecule has 0 saturated carbocycles. The number of aromatic nitrogens is 2. The number of hydrogen-bond donors (Lipinski definition) is 4. The Bertz CT molecular complexity index is 660. The van der Waals surface area contributed by atoms with E-state index in [4.69, 9.17) is 5.73 Å². The average Bonchev–Trinajstić information content (AvgIpc) is 2.46. The second-order valence-corrected chi connectivity index (χ2v) is 4.74. The van der Waals surface area contributed by atoms with E-state index in [1.165, 1.54) is 0 Å². The second-order valence-electron chi connectivity index (χ2n) is 4.74. The van der Waals surface area contributed by atoms with Crippen LogP contribution in [0.2, 0.25) is 0 Å². The SMILES string of the molecule is CCC[C@@H](CO)Nc1c(C(=O)O)c(N)nc2cccnc12. The molecule has 0 radical (unpaired) electrons. The molecular weight excluding hydrogens is 272 g/mol. The number of aliphatic hydroxyl groups is 1. The number of nitrogen functional groups attached to an aromatic ring is 1. The van der Waals surface area contributed by atoms with Crippen LogP contribution in [0.5, 0.6) is 0 Å². The van der Waals surface area contributed by atoms with Gasteiger partial charge in [-0.15, -0.1) is 0 Å². The van der Waals surface area contributed by atoms with E-state index in [9.17, 15) is 15.0 Å². The van der Waals surface area contributed by atoms with E-state index in [1.807, 2.05) is 6.92 Å². The molecule has 2 aromatic rings. The van der Waals surface area contributed by atoms with Crippen molar-refractivity contribution >= 4 is 28.5 Å². The zero-order chi connectivity index (χ0) is 15.4.